The minimum absolute atomic E-state index is 0.210. The minimum Gasteiger partial charge on any atom is -0.492 e. The lowest BCUT2D eigenvalue weighted by Gasteiger charge is -2.46. The molecule has 45 heavy (non-hydrogen) atoms. The Morgan fingerprint density at radius 2 is 1.76 bits per heavy atom. The molecule has 0 radical (unpaired) electrons. The molecule has 0 bridgehead atoms. The Bertz CT molecular complexity index is 1860. The highest BCUT2D eigenvalue weighted by Gasteiger charge is 2.51. The van der Waals surface area contributed by atoms with E-state index >= 15 is 0 Å². The smallest absolute Gasteiger partial charge is 0.329 e. The van der Waals surface area contributed by atoms with Crippen molar-refractivity contribution in [3.05, 3.63) is 130 Å². The summed E-state index contributed by atoms with van der Waals surface area (Å²) in [6.07, 6.45) is 8.44. The molecule has 2 N–H and O–H groups in total. The molecule has 2 aromatic heterocycles. The number of hydrogen-bond acceptors (Lipinski definition) is 5. The van der Waals surface area contributed by atoms with E-state index < -0.39 is 11.5 Å². The van der Waals surface area contributed by atoms with Gasteiger partial charge in [0.1, 0.15) is 11.3 Å². The first-order valence-corrected chi connectivity index (χ1v) is 16.8. The highest BCUT2D eigenvalue weighted by molar-refractivity contribution is 7.17. The fourth-order valence-electron chi connectivity index (χ4n) is 7.36. The van der Waals surface area contributed by atoms with Crippen LogP contribution in [-0.2, 0) is 16.6 Å². The van der Waals surface area contributed by atoms with Crippen LogP contribution in [0.2, 0.25) is 5.02 Å². The molecule has 1 saturated carbocycles. The summed E-state index contributed by atoms with van der Waals surface area (Å²) in [5.41, 5.74) is 5.65. The second kappa shape index (κ2) is 12.3. The Labute approximate surface area is 272 Å². The van der Waals surface area contributed by atoms with Crippen molar-refractivity contribution in [2.75, 3.05) is 11.9 Å². The Morgan fingerprint density at radius 1 is 0.956 bits per heavy atom. The van der Waals surface area contributed by atoms with E-state index in [0.29, 0.717) is 24.5 Å². The summed E-state index contributed by atoms with van der Waals surface area (Å²) in [7, 11) is 0. The van der Waals surface area contributed by atoms with E-state index in [1.165, 1.54) is 22.3 Å². The first-order valence-electron chi connectivity index (χ1n) is 15.5. The number of carboxylic acids is 1. The number of pyridine rings is 1. The van der Waals surface area contributed by atoms with Crippen molar-refractivity contribution in [3.8, 4) is 5.75 Å². The highest BCUT2D eigenvalue weighted by Crippen LogP contribution is 2.55. The second-order valence-electron chi connectivity index (χ2n) is 12.4. The molecule has 2 aliphatic rings. The molecule has 1 spiro atoms. The fourth-order valence-corrected chi connectivity index (χ4v) is 8.37. The van der Waals surface area contributed by atoms with Gasteiger partial charge in [0, 0.05) is 28.2 Å². The zero-order valence-corrected chi connectivity index (χ0v) is 26.5. The molecule has 1 fully saturated rings. The summed E-state index contributed by atoms with van der Waals surface area (Å²) in [6, 6.07) is 30.6. The zero-order valence-electron chi connectivity index (χ0n) is 24.9. The Balaban J connectivity index is 1.17. The first-order chi connectivity index (χ1) is 21.9. The van der Waals surface area contributed by atoms with Gasteiger partial charge in [-0.3, -0.25) is 4.98 Å². The number of thiophene rings is 1. The van der Waals surface area contributed by atoms with Crippen molar-refractivity contribution < 1.29 is 14.6 Å². The molecule has 228 valence electrons. The SMILES string of the molecule is O=C(O)C1(Nc2cccc(Cl)c2)CCC2(CC1)C(CC(COc1ccnc3ccsc13)Cc1ccccc1)=Cc1ccccc12. The van der Waals surface area contributed by atoms with Gasteiger partial charge in [-0.25, -0.2) is 4.79 Å². The molecule has 2 heterocycles. The number of benzene rings is 3. The van der Waals surface area contributed by atoms with Crippen molar-refractivity contribution >= 4 is 50.9 Å². The van der Waals surface area contributed by atoms with Gasteiger partial charge in [0.25, 0.3) is 0 Å². The number of ether oxygens (including phenoxy) is 1. The number of aliphatic carboxylic acids is 1. The maximum atomic E-state index is 12.8. The van der Waals surface area contributed by atoms with Crippen LogP contribution in [0.3, 0.4) is 0 Å². The summed E-state index contributed by atoms with van der Waals surface area (Å²) in [4.78, 5) is 17.3. The number of halogens is 1. The van der Waals surface area contributed by atoms with Gasteiger partial charge in [-0.05, 0) is 90.9 Å². The van der Waals surface area contributed by atoms with Gasteiger partial charge < -0.3 is 15.2 Å². The highest BCUT2D eigenvalue weighted by atomic mass is 35.5. The van der Waals surface area contributed by atoms with E-state index in [4.69, 9.17) is 16.3 Å². The third-order valence-electron chi connectivity index (χ3n) is 9.65. The standard InChI is InChI=1S/C38H35ClN2O3S/c39-30-10-6-11-31(24-30)41-38(36(42)43)17-15-37(16-18-38)29(23-28-9-4-5-12-32(28)37)22-27(21-26-7-2-1-3-8-26)25-44-34-13-19-40-33-14-20-45-35(33)34/h1-14,19-20,23-24,27,41H,15-18,21-22,25H2,(H,42,43). The number of aromatic nitrogens is 1. The molecule has 2 aliphatic carbocycles. The molecule has 1 unspecified atom stereocenters. The van der Waals surface area contributed by atoms with Crippen molar-refractivity contribution in [1.82, 2.24) is 4.98 Å². The van der Waals surface area contributed by atoms with Crippen LogP contribution in [0.25, 0.3) is 16.3 Å². The Hall–Kier alpha value is -4.13. The van der Waals surface area contributed by atoms with Gasteiger partial charge in [-0.15, -0.1) is 11.3 Å². The van der Waals surface area contributed by atoms with Crippen LogP contribution in [0.5, 0.6) is 5.75 Å². The predicted octanol–water partition coefficient (Wildman–Crippen LogP) is 9.42. The number of anilines is 1. The van der Waals surface area contributed by atoms with Crippen molar-refractivity contribution in [2.24, 2.45) is 5.92 Å². The van der Waals surface area contributed by atoms with E-state index in [2.05, 4.69) is 76.4 Å². The summed E-state index contributed by atoms with van der Waals surface area (Å²) >= 11 is 7.90. The van der Waals surface area contributed by atoms with Crippen LogP contribution in [-0.4, -0.2) is 28.2 Å². The number of carbonyl (C=O) groups is 1. The number of nitrogens with one attached hydrogen (secondary N) is 1. The van der Waals surface area contributed by atoms with Crippen LogP contribution in [0.1, 0.15) is 48.8 Å². The lowest BCUT2D eigenvalue weighted by atomic mass is 9.61. The number of nitrogens with zero attached hydrogens (tertiary/aromatic N) is 1. The largest absolute Gasteiger partial charge is 0.492 e. The molecule has 3 aromatic carbocycles. The Kier molecular flexibility index (Phi) is 8.11. The van der Waals surface area contributed by atoms with E-state index in [1.807, 2.05) is 30.5 Å². The van der Waals surface area contributed by atoms with Gasteiger partial charge in [0.05, 0.1) is 16.8 Å². The predicted molar refractivity (Wildman–Crippen MR) is 183 cm³/mol. The lowest BCUT2D eigenvalue weighted by molar-refractivity contribution is -0.143. The average Bonchev–Trinajstić information content (AvgIpc) is 3.65. The van der Waals surface area contributed by atoms with Crippen LogP contribution < -0.4 is 10.1 Å². The number of rotatable bonds is 10. The number of allylic oxidation sites excluding steroid dienone is 1. The number of fused-ring (bicyclic) bond motifs is 3. The molecule has 5 aromatic rings. The molecular weight excluding hydrogens is 600 g/mol. The number of carboxylic acid groups (broad SMARTS) is 1. The minimum atomic E-state index is -1.06. The van der Waals surface area contributed by atoms with Crippen LogP contribution in [0, 0.1) is 5.92 Å². The Morgan fingerprint density at radius 3 is 2.56 bits per heavy atom. The van der Waals surface area contributed by atoms with Crippen LogP contribution in [0.4, 0.5) is 5.69 Å². The van der Waals surface area contributed by atoms with Crippen molar-refractivity contribution in [1.29, 1.82) is 0 Å². The quantitative estimate of drug-likeness (QED) is 0.160. The first kappa shape index (κ1) is 29.6. The monoisotopic (exact) mass is 634 g/mol. The van der Waals surface area contributed by atoms with Gasteiger partial charge in [-0.2, -0.15) is 0 Å². The van der Waals surface area contributed by atoms with Gasteiger partial charge in [-0.1, -0.05) is 83.9 Å². The van der Waals surface area contributed by atoms with Crippen molar-refractivity contribution in [2.45, 2.75) is 49.5 Å². The maximum absolute atomic E-state index is 12.8. The normalized spacial score (nSPS) is 21.3. The summed E-state index contributed by atoms with van der Waals surface area (Å²) < 4.78 is 7.63. The third kappa shape index (κ3) is 5.85. The maximum Gasteiger partial charge on any atom is 0.329 e. The van der Waals surface area contributed by atoms with Gasteiger partial charge in [0.15, 0.2) is 0 Å². The second-order valence-corrected chi connectivity index (χ2v) is 13.7. The molecule has 1 atom stereocenters. The molecular formula is C38H35ClN2O3S. The average molecular weight is 635 g/mol. The van der Waals surface area contributed by atoms with Crippen LogP contribution in [0.15, 0.2) is 108 Å². The topological polar surface area (TPSA) is 71.5 Å². The molecule has 0 aliphatic heterocycles. The van der Waals surface area contributed by atoms with E-state index in [0.717, 1.165) is 47.3 Å². The lowest BCUT2D eigenvalue weighted by Crippen LogP contribution is -2.52. The molecule has 7 heteroatoms. The van der Waals surface area contributed by atoms with Crippen LogP contribution >= 0.6 is 22.9 Å². The summed E-state index contributed by atoms with van der Waals surface area (Å²) in [5, 5.41) is 16.5. The molecule has 5 nitrogen and oxygen atoms in total. The van der Waals surface area contributed by atoms with E-state index in [9.17, 15) is 9.90 Å². The molecule has 7 rings (SSSR count). The van der Waals surface area contributed by atoms with E-state index in [-0.39, 0.29) is 11.3 Å². The molecule has 0 amide bonds. The van der Waals surface area contributed by atoms with Gasteiger partial charge >= 0.3 is 5.97 Å². The fraction of sp³-hybridized carbons (Fsp3) is 0.263. The summed E-state index contributed by atoms with van der Waals surface area (Å²) in [6.45, 7) is 0.574. The van der Waals surface area contributed by atoms with Crippen molar-refractivity contribution in [3.63, 3.8) is 0 Å². The third-order valence-corrected chi connectivity index (χ3v) is 10.8. The summed E-state index contributed by atoms with van der Waals surface area (Å²) in [5.74, 6) is 0.285. The zero-order chi connectivity index (χ0) is 30.9. The molecule has 0 saturated heterocycles. The van der Waals surface area contributed by atoms with E-state index in [1.54, 1.807) is 23.5 Å². The van der Waals surface area contributed by atoms with Gasteiger partial charge in [0.2, 0.25) is 0 Å². The number of hydrogen-bond donors (Lipinski definition) is 2.